The van der Waals surface area contributed by atoms with E-state index in [-0.39, 0.29) is 5.91 Å². The molecule has 20 heavy (non-hydrogen) atoms. The zero-order valence-electron chi connectivity index (χ0n) is 12.3. The molecule has 0 bridgehead atoms. The largest absolute Gasteiger partial charge is 0.598 e. The summed E-state index contributed by atoms with van der Waals surface area (Å²) in [5, 5.41) is 0. The van der Waals surface area contributed by atoms with Gasteiger partial charge in [-0.3, -0.25) is 4.79 Å². The van der Waals surface area contributed by atoms with Crippen molar-refractivity contribution < 1.29 is 9.35 Å². The first-order chi connectivity index (χ1) is 9.23. The SMILES string of the molecule is C=C1c2ccccc2C(=O)N(C)[C@@H]1N[S@@+]([O-])C(C)(C)C. The van der Waals surface area contributed by atoms with Crippen LogP contribution in [0.5, 0.6) is 0 Å². The summed E-state index contributed by atoms with van der Waals surface area (Å²) in [6.45, 7) is 9.73. The molecule has 1 aromatic carbocycles. The van der Waals surface area contributed by atoms with E-state index in [2.05, 4.69) is 11.3 Å². The third-order valence-corrected chi connectivity index (χ3v) is 4.87. The van der Waals surface area contributed by atoms with Gasteiger partial charge >= 0.3 is 0 Å². The number of carbonyl (C=O) groups excluding carboxylic acids is 1. The molecule has 0 radical (unpaired) electrons. The van der Waals surface area contributed by atoms with Crippen LogP contribution in [0.2, 0.25) is 0 Å². The van der Waals surface area contributed by atoms with Gasteiger partial charge in [-0.05, 0) is 38.0 Å². The van der Waals surface area contributed by atoms with Crippen molar-refractivity contribution in [1.82, 2.24) is 9.62 Å². The van der Waals surface area contributed by atoms with Gasteiger partial charge in [-0.2, -0.15) is 0 Å². The first-order valence-corrected chi connectivity index (χ1v) is 7.62. The van der Waals surface area contributed by atoms with Crippen LogP contribution in [0.25, 0.3) is 5.57 Å². The van der Waals surface area contributed by atoms with Crippen LogP contribution in [0.3, 0.4) is 0 Å². The van der Waals surface area contributed by atoms with Crippen LogP contribution in [0.1, 0.15) is 36.7 Å². The lowest BCUT2D eigenvalue weighted by molar-refractivity contribution is 0.0748. The summed E-state index contributed by atoms with van der Waals surface area (Å²) in [6, 6.07) is 7.37. The minimum atomic E-state index is -1.27. The van der Waals surface area contributed by atoms with E-state index in [1.54, 1.807) is 18.0 Å². The Labute approximate surface area is 123 Å². The molecule has 108 valence electrons. The zero-order valence-corrected chi connectivity index (χ0v) is 13.1. The molecular formula is C15H20N2O2S. The quantitative estimate of drug-likeness (QED) is 0.850. The van der Waals surface area contributed by atoms with Gasteiger partial charge < -0.3 is 9.45 Å². The fourth-order valence-electron chi connectivity index (χ4n) is 2.07. The molecule has 0 saturated carbocycles. The van der Waals surface area contributed by atoms with E-state index in [4.69, 9.17) is 0 Å². The van der Waals surface area contributed by atoms with E-state index in [1.807, 2.05) is 39.0 Å². The number of hydrogen-bond donors (Lipinski definition) is 1. The zero-order chi connectivity index (χ0) is 15.1. The van der Waals surface area contributed by atoms with Gasteiger partial charge in [0.2, 0.25) is 0 Å². The number of nitrogens with one attached hydrogen (secondary N) is 1. The molecule has 1 heterocycles. The average Bonchev–Trinajstić information content (AvgIpc) is 2.39. The van der Waals surface area contributed by atoms with Gasteiger partial charge in [0.1, 0.15) is 4.75 Å². The molecule has 0 unspecified atom stereocenters. The Morgan fingerprint density at radius 1 is 1.30 bits per heavy atom. The minimum absolute atomic E-state index is 0.0867. The van der Waals surface area contributed by atoms with Gasteiger partial charge in [-0.1, -0.05) is 24.8 Å². The van der Waals surface area contributed by atoms with Crippen LogP contribution in [0, 0.1) is 0 Å². The highest BCUT2D eigenvalue weighted by molar-refractivity contribution is 7.90. The lowest BCUT2D eigenvalue weighted by atomic mass is 9.93. The highest BCUT2D eigenvalue weighted by Gasteiger charge is 2.37. The summed E-state index contributed by atoms with van der Waals surface area (Å²) in [5.74, 6) is -0.0867. The summed E-state index contributed by atoms with van der Waals surface area (Å²) >= 11 is -1.27. The molecule has 0 saturated heterocycles. The first-order valence-electron chi connectivity index (χ1n) is 6.47. The molecule has 2 rings (SSSR count). The molecule has 2 atom stereocenters. The summed E-state index contributed by atoms with van der Waals surface area (Å²) in [5.41, 5.74) is 2.22. The fourth-order valence-corrected chi connectivity index (χ4v) is 2.92. The second kappa shape index (κ2) is 5.24. The molecule has 0 spiro atoms. The maximum absolute atomic E-state index is 12.3. The van der Waals surface area contributed by atoms with Crippen LogP contribution in [-0.2, 0) is 11.4 Å². The number of hydrogen-bond acceptors (Lipinski definition) is 3. The van der Waals surface area contributed by atoms with Crippen LogP contribution in [0.4, 0.5) is 0 Å². The van der Waals surface area contributed by atoms with Crippen molar-refractivity contribution >= 4 is 22.8 Å². The van der Waals surface area contributed by atoms with Crippen LogP contribution in [-0.4, -0.2) is 33.3 Å². The van der Waals surface area contributed by atoms with E-state index in [9.17, 15) is 9.35 Å². The van der Waals surface area contributed by atoms with Gasteiger partial charge in [-0.25, -0.2) is 0 Å². The van der Waals surface area contributed by atoms with Gasteiger partial charge in [0.25, 0.3) is 5.91 Å². The molecule has 4 nitrogen and oxygen atoms in total. The van der Waals surface area contributed by atoms with Crippen molar-refractivity contribution in [2.75, 3.05) is 7.05 Å². The monoisotopic (exact) mass is 292 g/mol. The Balaban J connectivity index is 2.33. The minimum Gasteiger partial charge on any atom is -0.598 e. The maximum atomic E-state index is 12.3. The molecule has 0 aromatic heterocycles. The molecule has 0 fully saturated rings. The van der Waals surface area contributed by atoms with Gasteiger partial charge in [0.15, 0.2) is 6.17 Å². The van der Waals surface area contributed by atoms with Crippen molar-refractivity contribution in [3.63, 3.8) is 0 Å². The third-order valence-electron chi connectivity index (χ3n) is 3.32. The van der Waals surface area contributed by atoms with Crippen LogP contribution >= 0.6 is 0 Å². The van der Waals surface area contributed by atoms with E-state index < -0.39 is 22.3 Å². The van der Waals surface area contributed by atoms with Crippen molar-refractivity contribution in [2.24, 2.45) is 0 Å². The lowest BCUT2D eigenvalue weighted by Gasteiger charge is -2.37. The molecule has 0 aliphatic carbocycles. The Kier molecular flexibility index (Phi) is 3.95. The van der Waals surface area contributed by atoms with Gasteiger partial charge in [-0.15, -0.1) is 4.72 Å². The van der Waals surface area contributed by atoms with E-state index >= 15 is 0 Å². The Morgan fingerprint density at radius 2 is 1.85 bits per heavy atom. The normalized spacial score (nSPS) is 20.9. The maximum Gasteiger partial charge on any atom is 0.255 e. The van der Waals surface area contributed by atoms with Crippen molar-refractivity contribution in [3.8, 4) is 0 Å². The smallest absolute Gasteiger partial charge is 0.255 e. The molecule has 5 heteroatoms. The molecular weight excluding hydrogens is 272 g/mol. The average molecular weight is 292 g/mol. The molecule has 1 N–H and O–H groups in total. The van der Waals surface area contributed by atoms with E-state index in [1.165, 1.54) is 0 Å². The third kappa shape index (κ3) is 2.61. The first kappa shape index (κ1) is 15.1. The summed E-state index contributed by atoms with van der Waals surface area (Å²) in [7, 11) is 1.70. The Hall–Kier alpha value is -1.30. The Bertz CT molecular complexity index is 551. The second-order valence-corrected chi connectivity index (χ2v) is 7.89. The molecule has 1 amide bonds. The number of likely N-dealkylation sites (N-methyl/N-ethyl adjacent to an activating group) is 1. The highest BCUT2D eigenvalue weighted by Crippen LogP contribution is 2.30. The number of fused-ring (bicyclic) bond motifs is 1. The number of nitrogens with zero attached hydrogens (tertiary/aromatic N) is 1. The molecule has 1 aliphatic rings. The topological polar surface area (TPSA) is 55.4 Å². The fraction of sp³-hybridized carbons (Fsp3) is 0.400. The predicted octanol–water partition coefficient (Wildman–Crippen LogP) is 2.16. The molecule has 1 aliphatic heterocycles. The van der Waals surface area contributed by atoms with E-state index in [0.717, 1.165) is 11.1 Å². The van der Waals surface area contributed by atoms with Crippen molar-refractivity contribution in [1.29, 1.82) is 0 Å². The number of benzene rings is 1. The standard InChI is InChI=1S/C15H20N2O2S/c1-10-11-8-6-7-9-12(11)14(18)17(5)13(10)16-20(19)15(2,3)4/h6-9,13,16H,1H2,2-5H3/t13-,20-/m0/s1. The number of carbonyl (C=O) groups is 1. The number of amides is 1. The number of rotatable bonds is 2. The van der Waals surface area contributed by atoms with Crippen LogP contribution in [0.15, 0.2) is 30.8 Å². The molecule has 1 aromatic rings. The second-order valence-electron chi connectivity index (χ2n) is 5.89. The predicted molar refractivity (Wildman–Crippen MR) is 82.4 cm³/mol. The van der Waals surface area contributed by atoms with E-state index in [0.29, 0.717) is 5.56 Å². The Morgan fingerprint density at radius 3 is 2.40 bits per heavy atom. The highest BCUT2D eigenvalue weighted by atomic mass is 32.2. The van der Waals surface area contributed by atoms with Crippen LogP contribution < -0.4 is 4.72 Å². The van der Waals surface area contributed by atoms with Gasteiger partial charge in [0, 0.05) is 24.0 Å². The lowest BCUT2D eigenvalue weighted by Crippen LogP contribution is -2.55. The van der Waals surface area contributed by atoms with Crippen molar-refractivity contribution in [3.05, 3.63) is 42.0 Å². The summed E-state index contributed by atoms with van der Waals surface area (Å²) < 4.78 is 14.9. The van der Waals surface area contributed by atoms with Crippen molar-refractivity contribution in [2.45, 2.75) is 31.7 Å². The summed E-state index contributed by atoms with van der Waals surface area (Å²) in [6.07, 6.45) is -0.447. The van der Waals surface area contributed by atoms with Gasteiger partial charge in [0.05, 0.1) is 0 Å². The summed E-state index contributed by atoms with van der Waals surface area (Å²) in [4.78, 5) is 13.9.